The summed E-state index contributed by atoms with van der Waals surface area (Å²) in [7, 11) is -3.53. The zero-order chi connectivity index (χ0) is 20.5. The highest BCUT2D eigenvalue weighted by atomic mass is 32.2. The molecule has 0 N–H and O–H groups in total. The topological polar surface area (TPSA) is 57.7 Å². The van der Waals surface area contributed by atoms with Gasteiger partial charge in [0.2, 0.25) is 10.0 Å². The minimum Gasteiger partial charge on any atom is -0.296 e. The smallest absolute Gasteiger partial charge is 0.243 e. The van der Waals surface area contributed by atoms with E-state index in [4.69, 9.17) is 0 Å². The van der Waals surface area contributed by atoms with Gasteiger partial charge in [-0.3, -0.25) is 9.69 Å². The fraction of sp³-hybridized carbons (Fsp3) is 0.409. The lowest BCUT2D eigenvalue weighted by molar-refractivity contribution is 0.101. The summed E-state index contributed by atoms with van der Waals surface area (Å²) in [6.07, 6.45) is 0. The van der Waals surface area contributed by atoms with E-state index in [2.05, 4.69) is 37.8 Å². The van der Waals surface area contributed by atoms with Crippen LogP contribution in [0.15, 0.2) is 41.3 Å². The van der Waals surface area contributed by atoms with E-state index in [1.165, 1.54) is 41.3 Å². The number of hydrogen-bond donors (Lipinski definition) is 0. The Balaban J connectivity index is 1.67. The Bertz CT molecular complexity index is 950. The van der Waals surface area contributed by atoms with Gasteiger partial charge in [-0.05, 0) is 56.5 Å². The molecule has 0 amide bonds. The molecule has 1 aliphatic heterocycles. The van der Waals surface area contributed by atoms with Crippen molar-refractivity contribution in [2.45, 2.75) is 39.1 Å². The molecule has 0 atom stereocenters. The molecule has 0 bridgehead atoms. The van der Waals surface area contributed by atoms with E-state index in [1.807, 2.05) is 0 Å². The molecule has 3 rings (SSSR count). The van der Waals surface area contributed by atoms with E-state index in [0.717, 1.165) is 6.54 Å². The summed E-state index contributed by atoms with van der Waals surface area (Å²) in [5, 5.41) is 0. The van der Waals surface area contributed by atoms with E-state index >= 15 is 0 Å². The number of carbonyl (C=O) groups is 1. The maximum Gasteiger partial charge on any atom is 0.243 e. The fourth-order valence-corrected chi connectivity index (χ4v) is 5.24. The first kappa shape index (κ1) is 20.7. The highest BCUT2D eigenvalue weighted by Crippen LogP contribution is 2.22. The number of nitrogens with zero attached hydrogens (tertiary/aromatic N) is 2. The van der Waals surface area contributed by atoms with Crippen molar-refractivity contribution in [1.82, 2.24) is 9.21 Å². The van der Waals surface area contributed by atoms with Crippen LogP contribution in [0.2, 0.25) is 0 Å². The molecule has 0 unspecified atom stereocenters. The van der Waals surface area contributed by atoms with E-state index in [0.29, 0.717) is 31.7 Å². The molecule has 0 radical (unpaired) electrons. The molecule has 1 aliphatic rings. The number of benzene rings is 2. The summed E-state index contributed by atoms with van der Waals surface area (Å²) in [5.41, 5.74) is 5.70. The highest BCUT2D eigenvalue weighted by molar-refractivity contribution is 7.89. The van der Waals surface area contributed by atoms with Gasteiger partial charge in [-0.2, -0.15) is 4.31 Å². The van der Waals surface area contributed by atoms with Gasteiger partial charge < -0.3 is 0 Å². The molecule has 0 spiro atoms. The van der Waals surface area contributed by atoms with Crippen LogP contribution in [0.1, 0.15) is 39.5 Å². The molecule has 6 heteroatoms. The molecule has 2 aromatic carbocycles. The fourth-order valence-electron chi connectivity index (χ4n) is 3.82. The summed E-state index contributed by atoms with van der Waals surface area (Å²) in [5.74, 6) is -0.0701. The third-order valence-corrected chi connectivity index (χ3v) is 7.36. The molecule has 28 heavy (non-hydrogen) atoms. The maximum atomic E-state index is 12.9. The lowest BCUT2D eigenvalue weighted by Gasteiger charge is -2.34. The second kappa shape index (κ2) is 8.15. The van der Waals surface area contributed by atoms with Crippen LogP contribution in [-0.4, -0.2) is 49.6 Å². The van der Waals surface area contributed by atoms with Gasteiger partial charge in [0, 0.05) is 38.3 Å². The van der Waals surface area contributed by atoms with Gasteiger partial charge in [0.1, 0.15) is 0 Å². The molecule has 2 aromatic rings. The number of aryl methyl sites for hydroxylation is 3. The van der Waals surface area contributed by atoms with E-state index in [9.17, 15) is 13.2 Å². The molecular formula is C22H28N2O3S. The van der Waals surface area contributed by atoms with Crippen LogP contribution in [0.25, 0.3) is 0 Å². The summed E-state index contributed by atoms with van der Waals surface area (Å²) >= 11 is 0. The van der Waals surface area contributed by atoms with E-state index in [1.54, 1.807) is 16.4 Å². The van der Waals surface area contributed by atoms with Crippen molar-refractivity contribution in [3.8, 4) is 0 Å². The number of hydrogen-bond acceptors (Lipinski definition) is 4. The van der Waals surface area contributed by atoms with Crippen molar-refractivity contribution in [1.29, 1.82) is 0 Å². The first-order valence-corrected chi connectivity index (χ1v) is 11.0. The summed E-state index contributed by atoms with van der Waals surface area (Å²) in [4.78, 5) is 14.0. The van der Waals surface area contributed by atoms with Gasteiger partial charge in [0.05, 0.1) is 4.90 Å². The molecule has 0 saturated carbocycles. The first-order valence-electron chi connectivity index (χ1n) is 9.58. The first-order chi connectivity index (χ1) is 13.2. The normalized spacial score (nSPS) is 16.3. The van der Waals surface area contributed by atoms with Gasteiger partial charge in [-0.25, -0.2) is 8.42 Å². The molecule has 1 heterocycles. The molecule has 150 valence electrons. The van der Waals surface area contributed by atoms with Crippen LogP contribution in [0, 0.1) is 20.8 Å². The van der Waals surface area contributed by atoms with Crippen LogP contribution >= 0.6 is 0 Å². The van der Waals surface area contributed by atoms with Crippen LogP contribution in [-0.2, 0) is 16.6 Å². The van der Waals surface area contributed by atoms with Gasteiger partial charge >= 0.3 is 0 Å². The third kappa shape index (κ3) is 4.35. The predicted octanol–water partition coefficient (Wildman–Crippen LogP) is 3.32. The Kier molecular flexibility index (Phi) is 6.03. The highest BCUT2D eigenvalue weighted by Gasteiger charge is 2.28. The minimum absolute atomic E-state index is 0.0701. The molecule has 1 saturated heterocycles. The van der Waals surface area contributed by atoms with E-state index < -0.39 is 10.0 Å². The zero-order valence-electron chi connectivity index (χ0n) is 17.0. The van der Waals surface area contributed by atoms with Crippen molar-refractivity contribution < 1.29 is 13.2 Å². The van der Waals surface area contributed by atoms with Crippen LogP contribution in [0.5, 0.6) is 0 Å². The SMILES string of the molecule is CC(=O)c1ccc(S(=O)(=O)N2CCN(Cc3c(C)cc(C)cc3C)CC2)cc1. The average molecular weight is 401 g/mol. The Morgan fingerprint density at radius 2 is 1.46 bits per heavy atom. The number of piperazine rings is 1. The van der Waals surface area contributed by atoms with Crippen LogP contribution in [0.3, 0.4) is 0 Å². The number of ketones is 1. The Hall–Kier alpha value is -2.02. The minimum atomic E-state index is -3.53. The predicted molar refractivity (Wildman–Crippen MR) is 111 cm³/mol. The lowest BCUT2D eigenvalue weighted by atomic mass is 9.99. The maximum absolute atomic E-state index is 12.9. The quantitative estimate of drug-likeness (QED) is 0.723. The number of Topliss-reactive ketones (excluding diaryl/α,β-unsaturated/α-hetero) is 1. The van der Waals surface area contributed by atoms with Crippen molar-refractivity contribution in [3.63, 3.8) is 0 Å². The summed E-state index contributed by atoms with van der Waals surface area (Å²) in [6.45, 7) is 11.1. The lowest BCUT2D eigenvalue weighted by Crippen LogP contribution is -2.48. The molecule has 1 fully saturated rings. The van der Waals surface area contributed by atoms with Gasteiger partial charge in [-0.15, -0.1) is 0 Å². The van der Waals surface area contributed by atoms with E-state index in [-0.39, 0.29) is 10.7 Å². The van der Waals surface area contributed by atoms with Crippen molar-refractivity contribution >= 4 is 15.8 Å². The second-order valence-electron chi connectivity index (χ2n) is 7.64. The molecule has 0 aliphatic carbocycles. The van der Waals surface area contributed by atoms with Crippen molar-refractivity contribution in [3.05, 3.63) is 64.2 Å². The van der Waals surface area contributed by atoms with Crippen molar-refractivity contribution in [2.75, 3.05) is 26.2 Å². The second-order valence-corrected chi connectivity index (χ2v) is 9.58. The average Bonchev–Trinajstić information content (AvgIpc) is 2.65. The Labute approximate surface area is 168 Å². The van der Waals surface area contributed by atoms with Gasteiger partial charge in [-0.1, -0.05) is 29.8 Å². The van der Waals surface area contributed by atoms with Gasteiger partial charge in [0.25, 0.3) is 0 Å². The number of carbonyl (C=O) groups excluding carboxylic acids is 1. The Morgan fingerprint density at radius 3 is 1.96 bits per heavy atom. The largest absolute Gasteiger partial charge is 0.296 e. The number of sulfonamides is 1. The van der Waals surface area contributed by atoms with Crippen LogP contribution < -0.4 is 0 Å². The summed E-state index contributed by atoms with van der Waals surface area (Å²) < 4.78 is 27.3. The summed E-state index contributed by atoms with van der Waals surface area (Å²) in [6, 6.07) is 10.6. The Morgan fingerprint density at radius 1 is 0.929 bits per heavy atom. The molecule has 5 nitrogen and oxygen atoms in total. The van der Waals surface area contributed by atoms with Crippen molar-refractivity contribution in [2.24, 2.45) is 0 Å². The number of rotatable bonds is 5. The van der Waals surface area contributed by atoms with Gasteiger partial charge in [0.15, 0.2) is 5.78 Å². The zero-order valence-corrected chi connectivity index (χ0v) is 17.8. The third-order valence-electron chi connectivity index (χ3n) is 5.45. The molecular weight excluding hydrogens is 372 g/mol. The molecule has 0 aromatic heterocycles. The monoisotopic (exact) mass is 400 g/mol. The van der Waals surface area contributed by atoms with Crippen LogP contribution in [0.4, 0.5) is 0 Å². The standard InChI is InChI=1S/C22H28N2O3S/c1-16-13-17(2)22(18(3)14-16)15-23-9-11-24(12-10-23)28(26,27)21-7-5-20(6-8-21)19(4)25/h5-8,13-14H,9-12,15H2,1-4H3.